The maximum absolute atomic E-state index is 12.8. The third-order valence-corrected chi connectivity index (χ3v) is 4.22. The first-order chi connectivity index (χ1) is 11.8. The molecule has 25 heavy (non-hydrogen) atoms. The summed E-state index contributed by atoms with van der Waals surface area (Å²) in [7, 11) is 0. The van der Waals surface area contributed by atoms with Crippen molar-refractivity contribution < 1.29 is 19.4 Å². The summed E-state index contributed by atoms with van der Waals surface area (Å²) in [6, 6.07) is 8.85. The lowest BCUT2D eigenvalue weighted by atomic mass is 10.2. The van der Waals surface area contributed by atoms with Gasteiger partial charge >= 0.3 is 5.97 Å². The Morgan fingerprint density at radius 3 is 2.76 bits per heavy atom. The van der Waals surface area contributed by atoms with Crippen LogP contribution in [0.15, 0.2) is 30.3 Å². The monoisotopic (exact) mass is 363 g/mol. The quantitative estimate of drug-likeness (QED) is 0.903. The van der Waals surface area contributed by atoms with E-state index < -0.39 is 12.1 Å². The molecule has 2 atom stereocenters. The smallest absolute Gasteiger partial charge is 0.334 e. The van der Waals surface area contributed by atoms with Gasteiger partial charge in [-0.3, -0.25) is 4.79 Å². The van der Waals surface area contributed by atoms with Crippen LogP contribution < -0.4 is 0 Å². The number of benzene rings is 1. The van der Waals surface area contributed by atoms with Crippen molar-refractivity contribution in [2.45, 2.75) is 26.1 Å². The molecule has 2 heterocycles. The summed E-state index contributed by atoms with van der Waals surface area (Å²) in [4.78, 5) is 25.4. The van der Waals surface area contributed by atoms with E-state index >= 15 is 0 Å². The number of ether oxygens (including phenoxy) is 1. The average molecular weight is 364 g/mol. The summed E-state index contributed by atoms with van der Waals surface area (Å²) in [6.45, 7) is 3.91. The van der Waals surface area contributed by atoms with Crippen molar-refractivity contribution in [2.75, 3.05) is 13.1 Å². The first-order valence-electron chi connectivity index (χ1n) is 7.85. The van der Waals surface area contributed by atoms with Crippen molar-refractivity contribution in [2.24, 2.45) is 0 Å². The van der Waals surface area contributed by atoms with E-state index in [9.17, 15) is 9.59 Å². The van der Waals surface area contributed by atoms with Gasteiger partial charge in [-0.1, -0.05) is 17.7 Å². The Labute approximate surface area is 149 Å². The van der Waals surface area contributed by atoms with Crippen LogP contribution in [0.3, 0.4) is 0 Å². The van der Waals surface area contributed by atoms with Gasteiger partial charge in [-0.05, 0) is 38.1 Å². The molecule has 8 heteroatoms. The van der Waals surface area contributed by atoms with Crippen LogP contribution in [0.2, 0.25) is 5.02 Å². The van der Waals surface area contributed by atoms with Gasteiger partial charge in [0.25, 0.3) is 5.91 Å². The predicted molar refractivity (Wildman–Crippen MR) is 91.2 cm³/mol. The normalized spacial score (nSPS) is 20.5. The summed E-state index contributed by atoms with van der Waals surface area (Å²) >= 11 is 6.01. The number of rotatable bonds is 3. The average Bonchev–Trinajstić information content (AvgIpc) is 2.95. The van der Waals surface area contributed by atoms with Gasteiger partial charge in [0, 0.05) is 17.3 Å². The van der Waals surface area contributed by atoms with E-state index in [1.165, 1.54) is 4.90 Å². The molecule has 1 aliphatic rings. The van der Waals surface area contributed by atoms with Crippen LogP contribution in [0.4, 0.5) is 0 Å². The Kier molecular flexibility index (Phi) is 4.78. The Hall–Kier alpha value is -2.38. The maximum atomic E-state index is 12.8. The molecule has 1 unspecified atom stereocenters. The van der Waals surface area contributed by atoms with Crippen molar-refractivity contribution in [3.05, 3.63) is 46.7 Å². The number of nitrogens with zero attached hydrogens (tertiary/aromatic N) is 3. The fourth-order valence-electron chi connectivity index (χ4n) is 2.86. The van der Waals surface area contributed by atoms with Crippen LogP contribution in [0.1, 0.15) is 23.1 Å². The molecule has 132 valence electrons. The molecule has 1 fully saturated rings. The fraction of sp³-hybridized carbons (Fsp3) is 0.353. The topological polar surface area (TPSA) is 84.7 Å². The first kappa shape index (κ1) is 17.4. The van der Waals surface area contributed by atoms with E-state index in [4.69, 9.17) is 21.4 Å². The maximum Gasteiger partial charge on any atom is 0.334 e. The fourth-order valence-corrected chi connectivity index (χ4v) is 3.05. The Bertz CT molecular complexity index is 820. The second kappa shape index (κ2) is 6.85. The molecule has 2 aromatic rings. The molecular weight excluding hydrogens is 346 g/mol. The molecule has 1 N–H and O–H groups in total. The third-order valence-electron chi connectivity index (χ3n) is 3.98. The van der Waals surface area contributed by atoms with Crippen LogP contribution in [0.5, 0.6) is 0 Å². The highest BCUT2D eigenvalue weighted by Gasteiger charge is 2.33. The molecule has 1 aromatic carbocycles. The number of amides is 1. The Morgan fingerprint density at radius 1 is 1.32 bits per heavy atom. The molecule has 1 aliphatic heterocycles. The zero-order chi connectivity index (χ0) is 18.1. The number of halogens is 1. The van der Waals surface area contributed by atoms with Crippen LogP contribution in [-0.4, -0.2) is 57.0 Å². The molecule has 0 spiro atoms. The molecular formula is C17H18ClN3O4. The Morgan fingerprint density at radius 2 is 2.08 bits per heavy atom. The van der Waals surface area contributed by atoms with E-state index in [1.54, 1.807) is 35.9 Å². The van der Waals surface area contributed by atoms with Crippen molar-refractivity contribution in [3.63, 3.8) is 0 Å². The standard InChI is InChI=1S/C17H18ClN3O4/c1-10-6-14(19-21(10)13-5-3-4-12(18)7-13)16(22)20-8-11(2)25-15(9-20)17(23)24/h3-7,11,15H,8-9H2,1-2H3,(H,23,24)/t11-,15?/m1/s1. The van der Waals surface area contributed by atoms with Gasteiger partial charge in [0.1, 0.15) is 0 Å². The number of aliphatic carboxylic acids is 1. The number of carboxylic acids is 1. The van der Waals surface area contributed by atoms with Gasteiger partial charge < -0.3 is 14.7 Å². The largest absolute Gasteiger partial charge is 0.479 e. The van der Waals surface area contributed by atoms with Gasteiger partial charge in [-0.25, -0.2) is 9.48 Å². The van der Waals surface area contributed by atoms with E-state index in [0.29, 0.717) is 11.6 Å². The van der Waals surface area contributed by atoms with Crippen LogP contribution in [-0.2, 0) is 9.53 Å². The van der Waals surface area contributed by atoms with E-state index in [0.717, 1.165) is 11.4 Å². The zero-order valence-electron chi connectivity index (χ0n) is 13.8. The summed E-state index contributed by atoms with van der Waals surface area (Å²) in [5.41, 5.74) is 1.79. The zero-order valence-corrected chi connectivity index (χ0v) is 14.6. The van der Waals surface area contributed by atoms with Gasteiger partial charge in [0.15, 0.2) is 11.8 Å². The summed E-state index contributed by atoms with van der Waals surface area (Å²) in [5, 5.41) is 14.1. The number of carbonyl (C=O) groups is 2. The lowest BCUT2D eigenvalue weighted by Crippen LogP contribution is -2.51. The van der Waals surface area contributed by atoms with E-state index in [1.807, 2.05) is 13.0 Å². The second-order valence-electron chi connectivity index (χ2n) is 6.05. The minimum Gasteiger partial charge on any atom is -0.479 e. The molecule has 0 saturated carbocycles. The highest BCUT2D eigenvalue weighted by atomic mass is 35.5. The van der Waals surface area contributed by atoms with Gasteiger partial charge in [0.2, 0.25) is 0 Å². The highest BCUT2D eigenvalue weighted by molar-refractivity contribution is 6.30. The molecule has 3 rings (SSSR count). The van der Waals surface area contributed by atoms with Crippen molar-refractivity contribution in [1.82, 2.24) is 14.7 Å². The Balaban J connectivity index is 1.86. The summed E-state index contributed by atoms with van der Waals surface area (Å²) < 4.78 is 6.98. The lowest BCUT2D eigenvalue weighted by Gasteiger charge is -2.34. The molecule has 1 amide bonds. The number of aryl methyl sites for hydroxylation is 1. The number of morpholine rings is 1. The number of hydrogen-bond acceptors (Lipinski definition) is 4. The number of hydrogen-bond donors (Lipinski definition) is 1. The van der Waals surface area contributed by atoms with Crippen LogP contribution >= 0.6 is 11.6 Å². The first-order valence-corrected chi connectivity index (χ1v) is 8.23. The van der Waals surface area contributed by atoms with Crippen LogP contribution in [0.25, 0.3) is 5.69 Å². The minimum absolute atomic E-state index is 0.00157. The molecule has 0 aliphatic carbocycles. The molecule has 7 nitrogen and oxygen atoms in total. The number of carboxylic acid groups (broad SMARTS) is 1. The lowest BCUT2D eigenvalue weighted by molar-refractivity contribution is -0.160. The van der Waals surface area contributed by atoms with E-state index in [-0.39, 0.29) is 24.2 Å². The summed E-state index contributed by atoms with van der Waals surface area (Å²) in [6.07, 6.45) is -1.38. The second-order valence-corrected chi connectivity index (χ2v) is 6.48. The van der Waals surface area contributed by atoms with Gasteiger partial charge in [0.05, 0.1) is 18.3 Å². The molecule has 1 saturated heterocycles. The van der Waals surface area contributed by atoms with Crippen LogP contribution in [0, 0.1) is 6.92 Å². The molecule has 0 radical (unpaired) electrons. The van der Waals surface area contributed by atoms with E-state index in [2.05, 4.69) is 5.10 Å². The minimum atomic E-state index is -1.08. The third kappa shape index (κ3) is 3.67. The predicted octanol–water partition coefficient (Wildman–Crippen LogP) is 2.15. The SMILES string of the molecule is Cc1cc(C(=O)N2CC(C(=O)O)O[C@H](C)C2)nn1-c1cccc(Cl)c1. The van der Waals surface area contributed by atoms with Crippen molar-refractivity contribution >= 4 is 23.5 Å². The van der Waals surface area contributed by atoms with Gasteiger partial charge in [-0.15, -0.1) is 0 Å². The number of aromatic nitrogens is 2. The highest BCUT2D eigenvalue weighted by Crippen LogP contribution is 2.19. The molecule has 1 aromatic heterocycles. The van der Waals surface area contributed by atoms with Gasteiger partial charge in [-0.2, -0.15) is 5.10 Å². The van der Waals surface area contributed by atoms with Crippen molar-refractivity contribution in [3.8, 4) is 5.69 Å². The molecule has 0 bridgehead atoms. The number of carbonyl (C=O) groups excluding carboxylic acids is 1. The van der Waals surface area contributed by atoms with Crippen molar-refractivity contribution in [1.29, 1.82) is 0 Å². The summed E-state index contributed by atoms with van der Waals surface area (Å²) in [5.74, 6) is -1.39.